The summed E-state index contributed by atoms with van der Waals surface area (Å²) < 4.78 is 7.48. The molecule has 0 spiro atoms. The summed E-state index contributed by atoms with van der Waals surface area (Å²) in [5, 5.41) is 6.56. The molecule has 0 aliphatic heterocycles. The Kier molecular flexibility index (Phi) is 5.84. The van der Waals surface area contributed by atoms with Gasteiger partial charge in [0.1, 0.15) is 18.4 Å². The average Bonchev–Trinajstić information content (AvgIpc) is 3.47. The first-order valence-corrected chi connectivity index (χ1v) is 9.60. The molecule has 0 aliphatic carbocycles. The van der Waals surface area contributed by atoms with E-state index >= 15 is 0 Å². The molecule has 2 N–H and O–H groups in total. The van der Waals surface area contributed by atoms with Crippen LogP contribution in [0, 0.1) is 6.92 Å². The molecule has 0 unspecified atom stereocenters. The standard InChI is InChI=1S/C22H23N7O/c1-16-3-5-18(6-4-16)21-28-19(14-30-21)13-27-22(23-2)26-12-17-7-8-25-20(11-17)29-10-9-24-15-29/h3-11,14-15H,12-13H2,1-2H3,(H2,23,26,27). The molecule has 0 fully saturated rings. The van der Waals surface area contributed by atoms with Crippen molar-refractivity contribution < 1.29 is 4.42 Å². The van der Waals surface area contributed by atoms with E-state index in [4.69, 9.17) is 4.42 Å². The van der Waals surface area contributed by atoms with E-state index in [0.29, 0.717) is 24.9 Å². The van der Waals surface area contributed by atoms with Gasteiger partial charge in [0.2, 0.25) is 5.89 Å². The minimum atomic E-state index is 0.506. The predicted molar refractivity (Wildman–Crippen MR) is 115 cm³/mol. The van der Waals surface area contributed by atoms with Crippen molar-refractivity contribution in [2.45, 2.75) is 20.0 Å². The maximum atomic E-state index is 5.61. The molecule has 0 amide bonds. The Hall–Kier alpha value is -3.94. The van der Waals surface area contributed by atoms with Gasteiger partial charge in [-0.1, -0.05) is 17.7 Å². The van der Waals surface area contributed by atoms with Crippen LogP contribution in [0.4, 0.5) is 0 Å². The third kappa shape index (κ3) is 4.72. The number of hydrogen-bond donors (Lipinski definition) is 2. The second-order valence-corrected chi connectivity index (χ2v) is 6.78. The summed E-state index contributed by atoms with van der Waals surface area (Å²) in [6.45, 7) is 3.17. The Bertz CT molecular complexity index is 1110. The monoisotopic (exact) mass is 401 g/mol. The number of oxazole rings is 1. The molecule has 0 saturated heterocycles. The maximum absolute atomic E-state index is 5.61. The van der Waals surface area contributed by atoms with E-state index < -0.39 is 0 Å². The number of aryl methyl sites for hydroxylation is 1. The van der Waals surface area contributed by atoms with Crippen molar-refractivity contribution in [1.82, 2.24) is 30.2 Å². The zero-order chi connectivity index (χ0) is 20.8. The molecule has 0 radical (unpaired) electrons. The largest absolute Gasteiger partial charge is 0.444 e. The zero-order valence-electron chi connectivity index (χ0n) is 16.9. The van der Waals surface area contributed by atoms with Crippen LogP contribution < -0.4 is 10.6 Å². The van der Waals surface area contributed by atoms with Gasteiger partial charge in [-0.15, -0.1) is 0 Å². The van der Waals surface area contributed by atoms with Crippen LogP contribution in [0.1, 0.15) is 16.8 Å². The van der Waals surface area contributed by atoms with Gasteiger partial charge in [-0.25, -0.2) is 15.0 Å². The molecular weight excluding hydrogens is 378 g/mol. The lowest BCUT2D eigenvalue weighted by molar-refractivity contribution is 0.572. The van der Waals surface area contributed by atoms with Crippen LogP contribution >= 0.6 is 0 Å². The van der Waals surface area contributed by atoms with Crippen molar-refractivity contribution in [2.75, 3.05) is 7.05 Å². The van der Waals surface area contributed by atoms with Crippen molar-refractivity contribution >= 4 is 5.96 Å². The van der Waals surface area contributed by atoms with Gasteiger partial charge in [-0.3, -0.25) is 9.56 Å². The highest BCUT2D eigenvalue weighted by atomic mass is 16.3. The normalized spacial score (nSPS) is 11.5. The van der Waals surface area contributed by atoms with Gasteiger partial charge < -0.3 is 15.1 Å². The van der Waals surface area contributed by atoms with Gasteiger partial charge in [0, 0.05) is 37.7 Å². The van der Waals surface area contributed by atoms with E-state index in [0.717, 1.165) is 22.6 Å². The van der Waals surface area contributed by atoms with Gasteiger partial charge in [0.25, 0.3) is 0 Å². The quantitative estimate of drug-likeness (QED) is 0.381. The number of aliphatic imine (C=N–C) groups is 1. The lowest BCUT2D eigenvalue weighted by Gasteiger charge is -2.11. The van der Waals surface area contributed by atoms with E-state index in [9.17, 15) is 0 Å². The first kappa shape index (κ1) is 19.4. The predicted octanol–water partition coefficient (Wildman–Crippen LogP) is 3.10. The molecule has 30 heavy (non-hydrogen) atoms. The molecule has 0 saturated carbocycles. The summed E-state index contributed by atoms with van der Waals surface area (Å²) in [4.78, 5) is 17.2. The summed E-state index contributed by atoms with van der Waals surface area (Å²) in [6.07, 6.45) is 8.76. The van der Waals surface area contributed by atoms with Gasteiger partial charge in [0.05, 0.1) is 12.2 Å². The van der Waals surface area contributed by atoms with Crippen molar-refractivity contribution in [2.24, 2.45) is 4.99 Å². The molecular formula is C22H23N7O. The minimum Gasteiger partial charge on any atom is -0.444 e. The van der Waals surface area contributed by atoms with Gasteiger partial charge in [-0.05, 0) is 36.8 Å². The third-order valence-electron chi connectivity index (χ3n) is 4.55. The number of guanidine groups is 1. The summed E-state index contributed by atoms with van der Waals surface area (Å²) >= 11 is 0. The summed E-state index contributed by atoms with van der Waals surface area (Å²) in [6, 6.07) is 12.1. The van der Waals surface area contributed by atoms with E-state index in [1.54, 1.807) is 32.0 Å². The number of benzene rings is 1. The van der Waals surface area contributed by atoms with Gasteiger partial charge in [-0.2, -0.15) is 0 Å². The number of imidazole rings is 1. The third-order valence-corrected chi connectivity index (χ3v) is 4.55. The van der Waals surface area contributed by atoms with Crippen LogP contribution in [0.3, 0.4) is 0 Å². The molecule has 1 aromatic carbocycles. The lowest BCUT2D eigenvalue weighted by atomic mass is 10.1. The Morgan fingerprint density at radius 2 is 1.93 bits per heavy atom. The minimum absolute atomic E-state index is 0.506. The Balaban J connectivity index is 1.33. The maximum Gasteiger partial charge on any atom is 0.226 e. The highest BCUT2D eigenvalue weighted by Gasteiger charge is 2.08. The second kappa shape index (κ2) is 9.04. The molecule has 0 bridgehead atoms. The summed E-state index contributed by atoms with van der Waals surface area (Å²) in [7, 11) is 1.74. The van der Waals surface area contributed by atoms with Gasteiger partial charge >= 0.3 is 0 Å². The van der Waals surface area contributed by atoms with Crippen LogP contribution in [0.25, 0.3) is 17.3 Å². The van der Waals surface area contributed by atoms with Crippen LogP contribution in [0.2, 0.25) is 0 Å². The van der Waals surface area contributed by atoms with Crippen LogP contribution in [0.5, 0.6) is 0 Å². The Morgan fingerprint density at radius 3 is 2.70 bits per heavy atom. The number of pyridine rings is 1. The fourth-order valence-corrected chi connectivity index (χ4v) is 2.90. The van der Waals surface area contributed by atoms with E-state index in [1.807, 2.05) is 47.2 Å². The van der Waals surface area contributed by atoms with Crippen LogP contribution in [0.15, 0.2) is 77.0 Å². The smallest absolute Gasteiger partial charge is 0.226 e. The fraction of sp³-hybridized carbons (Fsp3) is 0.182. The molecule has 4 rings (SSSR count). The molecule has 152 valence electrons. The zero-order valence-corrected chi connectivity index (χ0v) is 16.9. The lowest BCUT2D eigenvalue weighted by Crippen LogP contribution is -2.36. The first-order chi connectivity index (χ1) is 14.7. The molecule has 3 aromatic heterocycles. The first-order valence-electron chi connectivity index (χ1n) is 9.60. The van der Waals surface area contributed by atoms with Crippen LogP contribution in [-0.4, -0.2) is 32.5 Å². The molecule has 0 aliphatic rings. The average molecular weight is 401 g/mol. The van der Waals surface area contributed by atoms with E-state index in [1.165, 1.54) is 5.56 Å². The highest BCUT2D eigenvalue weighted by molar-refractivity contribution is 5.79. The van der Waals surface area contributed by atoms with Crippen LogP contribution in [-0.2, 0) is 13.1 Å². The summed E-state index contributed by atoms with van der Waals surface area (Å²) in [5.74, 6) is 2.11. The van der Waals surface area contributed by atoms with Crippen molar-refractivity contribution in [3.8, 4) is 17.3 Å². The SMILES string of the molecule is CN=C(NCc1ccnc(-n2ccnc2)c1)NCc1coc(-c2ccc(C)cc2)n1. The Morgan fingerprint density at radius 1 is 1.10 bits per heavy atom. The summed E-state index contributed by atoms with van der Waals surface area (Å²) in [5.41, 5.74) is 4.05. The number of nitrogens with one attached hydrogen (secondary N) is 2. The molecule has 8 nitrogen and oxygen atoms in total. The fourth-order valence-electron chi connectivity index (χ4n) is 2.90. The topological polar surface area (TPSA) is 93.2 Å². The molecule has 4 aromatic rings. The molecule has 8 heteroatoms. The van der Waals surface area contributed by atoms with Crippen molar-refractivity contribution in [3.63, 3.8) is 0 Å². The van der Waals surface area contributed by atoms with E-state index in [2.05, 4.69) is 37.5 Å². The number of nitrogens with zero attached hydrogens (tertiary/aromatic N) is 5. The molecule has 3 heterocycles. The number of rotatable bonds is 6. The highest BCUT2D eigenvalue weighted by Crippen LogP contribution is 2.19. The number of hydrogen-bond acceptors (Lipinski definition) is 5. The van der Waals surface area contributed by atoms with Crippen molar-refractivity contribution in [1.29, 1.82) is 0 Å². The van der Waals surface area contributed by atoms with Gasteiger partial charge in [0.15, 0.2) is 5.96 Å². The van der Waals surface area contributed by atoms with E-state index in [-0.39, 0.29) is 0 Å². The van der Waals surface area contributed by atoms with Crippen molar-refractivity contribution in [3.05, 3.63) is 84.4 Å². The second-order valence-electron chi connectivity index (χ2n) is 6.78. The molecule has 0 atom stereocenters. The Labute approximate surface area is 174 Å². The number of aromatic nitrogens is 4.